The lowest BCUT2D eigenvalue weighted by Crippen LogP contribution is -2.22. The molecule has 182 valence electrons. The zero-order valence-corrected chi connectivity index (χ0v) is 19.9. The summed E-state index contributed by atoms with van der Waals surface area (Å²) in [6.45, 7) is 8.01. The number of carbonyl (C=O) groups excluding carboxylic acids is 1. The molecule has 0 spiro atoms. The van der Waals surface area contributed by atoms with Gasteiger partial charge in [-0.2, -0.15) is 0 Å². The monoisotopic (exact) mass is 469 g/mol. The van der Waals surface area contributed by atoms with Crippen LogP contribution in [0, 0.1) is 5.92 Å². The molecule has 0 radical (unpaired) electrons. The Morgan fingerprint density at radius 3 is 2.68 bits per heavy atom. The Balaban J connectivity index is 1.60. The standard InChI is InChI=1S/C24H31N5O5/c1-13(2)10-16-11-18(28-34-16)23-26-27-24(29(23)15-8-9-15)20(33-14(3)4)12-21(31)25-17-6-5-7-19(30)22(17)32/h5-7,11,13-15,20,30,32H,8-10,12H2,1-4H3,(H,25,31)/t20-/m0/s1. The zero-order chi connectivity index (χ0) is 24.4. The van der Waals surface area contributed by atoms with Gasteiger partial charge in [0.2, 0.25) is 5.91 Å². The number of nitrogens with zero attached hydrogens (tertiary/aromatic N) is 4. The van der Waals surface area contributed by atoms with Crippen LogP contribution in [0.25, 0.3) is 11.5 Å². The average Bonchev–Trinajstić information content (AvgIpc) is 3.33. The van der Waals surface area contributed by atoms with Gasteiger partial charge in [-0.3, -0.25) is 4.79 Å². The number of aromatic nitrogens is 4. The molecule has 3 N–H and O–H groups in total. The van der Waals surface area contributed by atoms with Crippen LogP contribution in [-0.4, -0.2) is 42.1 Å². The Labute approximate surface area is 197 Å². The van der Waals surface area contributed by atoms with Gasteiger partial charge in [0.05, 0.1) is 18.2 Å². The largest absolute Gasteiger partial charge is 0.504 e. The van der Waals surface area contributed by atoms with Crippen molar-refractivity contribution < 1.29 is 24.3 Å². The molecule has 10 heteroatoms. The minimum Gasteiger partial charge on any atom is -0.504 e. The topological polar surface area (TPSA) is 136 Å². The van der Waals surface area contributed by atoms with Gasteiger partial charge in [0, 0.05) is 18.5 Å². The first-order valence-corrected chi connectivity index (χ1v) is 11.6. The van der Waals surface area contributed by atoms with Gasteiger partial charge in [0.25, 0.3) is 0 Å². The van der Waals surface area contributed by atoms with Crippen LogP contribution in [0.15, 0.2) is 28.8 Å². The van der Waals surface area contributed by atoms with Crippen molar-refractivity contribution in [2.24, 2.45) is 5.92 Å². The Kier molecular flexibility index (Phi) is 6.87. The number of carbonyl (C=O) groups is 1. The highest BCUT2D eigenvalue weighted by molar-refractivity contribution is 5.93. The number of phenolic OH excluding ortho intramolecular Hbond substituents is 2. The average molecular weight is 470 g/mol. The van der Waals surface area contributed by atoms with Crippen LogP contribution in [0.3, 0.4) is 0 Å². The molecule has 0 saturated heterocycles. The molecule has 1 aliphatic rings. The van der Waals surface area contributed by atoms with E-state index in [2.05, 4.69) is 34.5 Å². The second kappa shape index (κ2) is 9.84. The smallest absolute Gasteiger partial charge is 0.227 e. The molecule has 3 aromatic rings. The van der Waals surface area contributed by atoms with Crippen LogP contribution < -0.4 is 5.32 Å². The first-order chi connectivity index (χ1) is 16.2. The van der Waals surface area contributed by atoms with Gasteiger partial charge in [-0.15, -0.1) is 10.2 Å². The number of benzene rings is 1. The van der Waals surface area contributed by atoms with Gasteiger partial charge in [0.15, 0.2) is 28.8 Å². The molecule has 0 aliphatic heterocycles. The number of hydrogen-bond donors (Lipinski definition) is 3. The number of rotatable bonds is 10. The van der Waals surface area contributed by atoms with Crippen LogP contribution in [0.2, 0.25) is 0 Å². The van der Waals surface area contributed by atoms with Crippen molar-refractivity contribution in [2.75, 3.05) is 5.32 Å². The predicted molar refractivity (Wildman–Crippen MR) is 124 cm³/mol. The number of phenols is 2. The number of hydrogen-bond acceptors (Lipinski definition) is 8. The summed E-state index contributed by atoms with van der Waals surface area (Å²) in [5.41, 5.74) is 0.733. The van der Waals surface area contributed by atoms with Gasteiger partial charge >= 0.3 is 0 Å². The molecule has 10 nitrogen and oxygen atoms in total. The third-order valence-electron chi connectivity index (χ3n) is 5.42. The minimum atomic E-state index is -0.664. The van der Waals surface area contributed by atoms with Gasteiger partial charge in [-0.1, -0.05) is 25.1 Å². The fourth-order valence-corrected chi connectivity index (χ4v) is 3.84. The minimum absolute atomic E-state index is 0.0461. The van der Waals surface area contributed by atoms with E-state index in [1.807, 2.05) is 24.5 Å². The molecule has 4 rings (SSSR count). The van der Waals surface area contributed by atoms with E-state index in [0.29, 0.717) is 23.3 Å². The molecular weight excluding hydrogens is 438 g/mol. The van der Waals surface area contributed by atoms with Crippen molar-refractivity contribution in [2.45, 2.75) is 71.6 Å². The SMILES string of the molecule is CC(C)Cc1cc(-c2nnc([C@H](CC(=O)Nc3cccc(O)c3O)OC(C)C)n2C2CC2)no1. The number of ether oxygens (including phenoxy) is 1. The van der Waals surface area contributed by atoms with E-state index in [1.54, 1.807) is 0 Å². The first kappa shape index (κ1) is 23.7. The van der Waals surface area contributed by atoms with E-state index in [4.69, 9.17) is 9.26 Å². The summed E-state index contributed by atoms with van der Waals surface area (Å²) in [4.78, 5) is 12.9. The Bertz CT molecular complexity index is 1150. The summed E-state index contributed by atoms with van der Waals surface area (Å²) in [7, 11) is 0. The van der Waals surface area contributed by atoms with Gasteiger partial charge in [0.1, 0.15) is 11.9 Å². The van der Waals surface area contributed by atoms with Crippen LogP contribution in [0.5, 0.6) is 11.5 Å². The highest BCUT2D eigenvalue weighted by atomic mass is 16.5. The van der Waals surface area contributed by atoms with Gasteiger partial charge in [-0.05, 0) is 44.7 Å². The van der Waals surface area contributed by atoms with Crippen molar-refractivity contribution in [3.63, 3.8) is 0 Å². The maximum absolute atomic E-state index is 12.9. The fourth-order valence-electron chi connectivity index (χ4n) is 3.84. The molecule has 1 fully saturated rings. The second-order valence-corrected chi connectivity index (χ2v) is 9.36. The van der Waals surface area contributed by atoms with E-state index in [-0.39, 0.29) is 41.7 Å². The molecule has 1 saturated carbocycles. The normalized spacial score (nSPS) is 14.6. The van der Waals surface area contributed by atoms with Crippen molar-refractivity contribution in [1.29, 1.82) is 0 Å². The molecule has 0 bridgehead atoms. The summed E-state index contributed by atoms with van der Waals surface area (Å²) in [5.74, 6) is 1.29. The van der Waals surface area contributed by atoms with E-state index >= 15 is 0 Å². The predicted octanol–water partition coefficient (Wildman–Crippen LogP) is 4.37. The summed E-state index contributed by atoms with van der Waals surface area (Å²) >= 11 is 0. The van der Waals surface area contributed by atoms with Gasteiger partial charge in [-0.25, -0.2) is 0 Å². The maximum Gasteiger partial charge on any atom is 0.227 e. The number of para-hydroxylation sites is 1. The molecule has 1 amide bonds. The van der Waals surface area contributed by atoms with E-state index in [1.165, 1.54) is 18.2 Å². The van der Waals surface area contributed by atoms with Crippen LogP contribution >= 0.6 is 0 Å². The molecule has 2 aromatic heterocycles. The lowest BCUT2D eigenvalue weighted by Gasteiger charge is -2.21. The van der Waals surface area contributed by atoms with Gasteiger partial charge < -0.3 is 29.4 Å². The van der Waals surface area contributed by atoms with Crippen molar-refractivity contribution in [3.8, 4) is 23.0 Å². The van der Waals surface area contributed by atoms with Crippen molar-refractivity contribution >= 4 is 11.6 Å². The highest BCUT2D eigenvalue weighted by Crippen LogP contribution is 2.41. The highest BCUT2D eigenvalue weighted by Gasteiger charge is 2.35. The first-order valence-electron chi connectivity index (χ1n) is 11.6. The zero-order valence-electron chi connectivity index (χ0n) is 19.9. The number of nitrogens with one attached hydrogen (secondary N) is 1. The van der Waals surface area contributed by atoms with E-state index in [9.17, 15) is 15.0 Å². The molecule has 1 atom stereocenters. The Hall–Kier alpha value is -3.40. The number of amides is 1. The molecule has 1 aromatic carbocycles. The summed E-state index contributed by atoms with van der Waals surface area (Å²) in [6.07, 6.45) is 1.86. The molecule has 1 aliphatic carbocycles. The second-order valence-electron chi connectivity index (χ2n) is 9.36. The van der Waals surface area contributed by atoms with E-state index < -0.39 is 6.10 Å². The summed E-state index contributed by atoms with van der Waals surface area (Å²) in [5, 5.41) is 35.4. The van der Waals surface area contributed by atoms with E-state index in [0.717, 1.165) is 25.0 Å². The maximum atomic E-state index is 12.9. The summed E-state index contributed by atoms with van der Waals surface area (Å²) in [6, 6.07) is 6.49. The third-order valence-corrected chi connectivity index (χ3v) is 5.42. The number of aromatic hydroxyl groups is 2. The molecule has 0 unspecified atom stereocenters. The van der Waals surface area contributed by atoms with Crippen molar-refractivity contribution in [1.82, 2.24) is 19.9 Å². The lowest BCUT2D eigenvalue weighted by atomic mass is 10.1. The number of anilines is 1. The third kappa shape index (κ3) is 5.39. The van der Waals surface area contributed by atoms with Crippen LogP contribution in [0.4, 0.5) is 5.69 Å². The fraction of sp³-hybridized carbons (Fsp3) is 0.500. The van der Waals surface area contributed by atoms with Crippen LogP contribution in [-0.2, 0) is 16.0 Å². The van der Waals surface area contributed by atoms with Crippen molar-refractivity contribution in [3.05, 3.63) is 35.9 Å². The summed E-state index contributed by atoms with van der Waals surface area (Å²) < 4.78 is 13.6. The van der Waals surface area contributed by atoms with Crippen LogP contribution in [0.1, 0.15) is 70.7 Å². The lowest BCUT2D eigenvalue weighted by molar-refractivity contribution is -0.120. The Morgan fingerprint density at radius 2 is 2.00 bits per heavy atom. The molecule has 2 heterocycles. The molecular formula is C24H31N5O5. The molecule has 34 heavy (non-hydrogen) atoms. The Morgan fingerprint density at radius 1 is 1.24 bits per heavy atom. The quantitative estimate of drug-likeness (QED) is 0.372.